The molecule has 1 amide bonds. The van der Waals surface area contributed by atoms with E-state index in [-0.39, 0.29) is 5.91 Å². The maximum absolute atomic E-state index is 11.3. The Balaban J connectivity index is 2.62. The summed E-state index contributed by atoms with van der Waals surface area (Å²) in [6.07, 6.45) is 1.24. The molecule has 0 spiro atoms. The first-order valence-electron chi connectivity index (χ1n) is 4.41. The summed E-state index contributed by atoms with van der Waals surface area (Å²) in [6, 6.07) is 0. The third kappa shape index (κ3) is 2.12. The second-order valence-electron chi connectivity index (χ2n) is 3.07. The third-order valence-electron chi connectivity index (χ3n) is 2.21. The molecule has 1 aliphatic rings. The molecule has 0 aliphatic carbocycles. The normalized spacial score (nSPS) is 17.5. The average molecular weight is 184 g/mol. The molecule has 5 nitrogen and oxygen atoms in total. The second kappa shape index (κ2) is 4.13. The summed E-state index contributed by atoms with van der Waals surface area (Å²) in [7, 11) is 0. The van der Waals surface area contributed by atoms with Crippen LogP contribution in [0.15, 0.2) is 11.4 Å². The molecule has 74 valence electrons. The highest BCUT2D eigenvalue weighted by atomic mass is 16.2. The van der Waals surface area contributed by atoms with E-state index < -0.39 is 0 Å². The molecule has 13 heavy (non-hydrogen) atoms. The number of hydrazine groups is 1. The van der Waals surface area contributed by atoms with Gasteiger partial charge in [0.05, 0.1) is 6.54 Å². The largest absolute Gasteiger partial charge is 0.399 e. The standard InChI is InChI=1S/C8H16N4O/c1-2-8(13)12-4-3-7(11-10)6(9)5-12/h11H,2-5,9-10H2,1H3. The molecular weight excluding hydrogens is 168 g/mol. The van der Waals surface area contributed by atoms with E-state index in [4.69, 9.17) is 11.6 Å². The molecule has 0 aromatic rings. The van der Waals surface area contributed by atoms with Crippen molar-refractivity contribution in [2.24, 2.45) is 11.6 Å². The van der Waals surface area contributed by atoms with Gasteiger partial charge >= 0.3 is 0 Å². The minimum atomic E-state index is 0.138. The number of hydrogen-bond donors (Lipinski definition) is 3. The van der Waals surface area contributed by atoms with Crippen molar-refractivity contribution in [3.8, 4) is 0 Å². The first-order valence-corrected chi connectivity index (χ1v) is 4.41. The Kier molecular flexibility index (Phi) is 3.13. The quantitative estimate of drug-likeness (QED) is 0.390. The average Bonchev–Trinajstić information content (AvgIpc) is 2.16. The maximum Gasteiger partial charge on any atom is 0.222 e. The van der Waals surface area contributed by atoms with Crippen LogP contribution in [-0.2, 0) is 4.79 Å². The molecule has 0 aromatic carbocycles. The Morgan fingerprint density at radius 1 is 1.69 bits per heavy atom. The SMILES string of the molecule is CCC(=O)N1CCC(NN)=C(N)C1. The highest BCUT2D eigenvalue weighted by molar-refractivity contribution is 5.76. The maximum atomic E-state index is 11.3. The van der Waals surface area contributed by atoms with Gasteiger partial charge in [0.25, 0.3) is 0 Å². The first-order chi connectivity index (χ1) is 6.19. The lowest BCUT2D eigenvalue weighted by Gasteiger charge is -2.28. The highest BCUT2D eigenvalue weighted by Crippen LogP contribution is 2.11. The number of nitrogens with zero attached hydrogens (tertiary/aromatic N) is 1. The van der Waals surface area contributed by atoms with Crippen LogP contribution in [-0.4, -0.2) is 23.9 Å². The van der Waals surface area contributed by atoms with Crippen molar-refractivity contribution in [1.82, 2.24) is 10.3 Å². The van der Waals surface area contributed by atoms with Crippen LogP contribution >= 0.6 is 0 Å². The van der Waals surface area contributed by atoms with Crippen molar-refractivity contribution < 1.29 is 4.79 Å². The van der Waals surface area contributed by atoms with Crippen molar-refractivity contribution in [1.29, 1.82) is 0 Å². The molecule has 0 unspecified atom stereocenters. The Morgan fingerprint density at radius 3 is 2.85 bits per heavy atom. The molecule has 5 N–H and O–H groups in total. The predicted octanol–water partition coefficient (Wildman–Crippen LogP) is -0.738. The number of carbonyl (C=O) groups is 1. The lowest BCUT2D eigenvalue weighted by atomic mass is 10.1. The van der Waals surface area contributed by atoms with Gasteiger partial charge in [-0.2, -0.15) is 0 Å². The summed E-state index contributed by atoms with van der Waals surface area (Å²) in [5.74, 6) is 5.39. The van der Waals surface area contributed by atoms with Crippen molar-refractivity contribution in [3.05, 3.63) is 11.4 Å². The van der Waals surface area contributed by atoms with Crippen LogP contribution < -0.4 is 17.0 Å². The van der Waals surface area contributed by atoms with E-state index in [1.807, 2.05) is 6.92 Å². The fraction of sp³-hybridized carbons (Fsp3) is 0.625. The number of carbonyl (C=O) groups excluding carboxylic acids is 1. The van der Waals surface area contributed by atoms with Gasteiger partial charge in [0.2, 0.25) is 5.91 Å². The summed E-state index contributed by atoms with van der Waals surface area (Å²) in [4.78, 5) is 13.0. The van der Waals surface area contributed by atoms with Crippen LogP contribution in [0.5, 0.6) is 0 Å². The van der Waals surface area contributed by atoms with Crippen LogP contribution in [0.2, 0.25) is 0 Å². The monoisotopic (exact) mass is 184 g/mol. The zero-order valence-electron chi connectivity index (χ0n) is 7.84. The number of nitrogens with two attached hydrogens (primary N) is 2. The lowest BCUT2D eigenvalue weighted by Crippen LogP contribution is -2.42. The van der Waals surface area contributed by atoms with Gasteiger partial charge in [-0.1, -0.05) is 6.92 Å². The van der Waals surface area contributed by atoms with Crippen molar-refractivity contribution in [2.75, 3.05) is 13.1 Å². The summed E-state index contributed by atoms with van der Waals surface area (Å²) >= 11 is 0. The molecule has 1 heterocycles. The van der Waals surface area contributed by atoms with Crippen molar-refractivity contribution >= 4 is 5.91 Å². The van der Waals surface area contributed by atoms with Gasteiger partial charge in [0.15, 0.2) is 0 Å². The molecule has 1 aliphatic heterocycles. The first kappa shape index (κ1) is 9.85. The Morgan fingerprint density at radius 2 is 2.38 bits per heavy atom. The minimum Gasteiger partial charge on any atom is -0.399 e. The van der Waals surface area contributed by atoms with Crippen molar-refractivity contribution in [2.45, 2.75) is 19.8 Å². The molecule has 0 fully saturated rings. The van der Waals surface area contributed by atoms with Crippen LogP contribution in [0, 0.1) is 0 Å². The van der Waals surface area contributed by atoms with Gasteiger partial charge in [-0.25, -0.2) is 0 Å². The van der Waals surface area contributed by atoms with Gasteiger partial charge in [0, 0.05) is 30.8 Å². The molecule has 0 aromatic heterocycles. The van der Waals surface area contributed by atoms with E-state index in [1.165, 1.54) is 0 Å². The van der Waals surface area contributed by atoms with Gasteiger partial charge < -0.3 is 16.1 Å². The number of rotatable bonds is 2. The number of amides is 1. The van der Waals surface area contributed by atoms with E-state index in [9.17, 15) is 4.79 Å². The molecule has 0 saturated carbocycles. The molecule has 5 heteroatoms. The second-order valence-corrected chi connectivity index (χ2v) is 3.07. The molecule has 0 atom stereocenters. The molecule has 1 rings (SSSR count). The predicted molar refractivity (Wildman–Crippen MR) is 50.0 cm³/mol. The van der Waals surface area contributed by atoms with E-state index >= 15 is 0 Å². The molecule has 0 saturated heterocycles. The third-order valence-corrected chi connectivity index (χ3v) is 2.21. The van der Waals surface area contributed by atoms with Gasteiger partial charge in [-0.05, 0) is 0 Å². The Bertz CT molecular complexity index is 236. The summed E-state index contributed by atoms with van der Waals surface area (Å²) in [6.45, 7) is 3.04. The molecule has 0 radical (unpaired) electrons. The summed E-state index contributed by atoms with van der Waals surface area (Å²) < 4.78 is 0. The number of hydrogen-bond acceptors (Lipinski definition) is 4. The summed E-state index contributed by atoms with van der Waals surface area (Å²) in [5, 5.41) is 0. The Hall–Kier alpha value is -1.23. The minimum absolute atomic E-state index is 0.138. The fourth-order valence-electron chi connectivity index (χ4n) is 1.39. The van der Waals surface area contributed by atoms with E-state index in [1.54, 1.807) is 4.90 Å². The fourth-order valence-corrected chi connectivity index (χ4v) is 1.39. The smallest absolute Gasteiger partial charge is 0.222 e. The van der Waals surface area contributed by atoms with Gasteiger partial charge in [-0.15, -0.1) is 0 Å². The van der Waals surface area contributed by atoms with Crippen LogP contribution in [0.1, 0.15) is 19.8 Å². The number of nitrogens with one attached hydrogen (secondary N) is 1. The zero-order chi connectivity index (χ0) is 9.84. The topological polar surface area (TPSA) is 84.4 Å². The Labute approximate surface area is 77.7 Å². The van der Waals surface area contributed by atoms with Crippen LogP contribution in [0.4, 0.5) is 0 Å². The van der Waals surface area contributed by atoms with Crippen LogP contribution in [0.3, 0.4) is 0 Å². The van der Waals surface area contributed by atoms with E-state index in [2.05, 4.69) is 5.43 Å². The van der Waals surface area contributed by atoms with E-state index in [0.29, 0.717) is 31.6 Å². The lowest BCUT2D eigenvalue weighted by molar-refractivity contribution is -0.130. The van der Waals surface area contributed by atoms with Gasteiger partial charge in [0.1, 0.15) is 0 Å². The van der Waals surface area contributed by atoms with Crippen molar-refractivity contribution in [3.63, 3.8) is 0 Å². The summed E-state index contributed by atoms with van der Waals surface area (Å²) in [5.41, 5.74) is 9.77. The van der Waals surface area contributed by atoms with Gasteiger partial charge in [-0.3, -0.25) is 10.6 Å². The highest BCUT2D eigenvalue weighted by Gasteiger charge is 2.19. The van der Waals surface area contributed by atoms with Crippen LogP contribution in [0.25, 0.3) is 0 Å². The zero-order valence-corrected chi connectivity index (χ0v) is 7.84. The molecule has 0 bridgehead atoms. The van der Waals surface area contributed by atoms with E-state index in [0.717, 1.165) is 5.70 Å². The molecular formula is C8H16N4O.